The maximum atomic E-state index is 13.0. The Morgan fingerprint density at radius 2 is 1.65 bits per heavy atom. The number of hydrogen-bond donors (Lipinski definition) is 3. The van der Waals surface area contributed by atoms with Crippen molar-refractivity contribution < 1.29 is 36.3 Å². The number of hydrogen-bond acceptors (Lipinski definition) is 8. The number of carbonyl (C=O) groups excluding carboxylic acids is 1. The molecule has 1 aliphatic heterocycles. The van der Waals surface area contributed by atoms with Crippen LogP contribution in [0.25, 0.3) is 0 Å². The van der Waals surface area contributed by atoms with E-state index < -0.39 is 36.7 Å². The van der Waals surface area contributed by atoms with E-state index in [1.807, 2.05) is 6.07 Å². The Morgan fingerprint density at radius 3 is 2.38 bits per heavy atom. The van der Waals surface area contributed by atoms with Gasteiger partial charge in [0.15, 0.2) is 0 Å². The van der Waals surface area contributed by atoms with Gasteiger partial charge < -0.3 is 9.47 Å². The van der Waals surface area contributed by atoms with Gasteiger partial charge in [0.1, 0.15) is 27.3 Å². The Balaban J connectivity index is 1.57. The summed E-state index contributed by atoms with van der Waals surface area (Å²) in [7, 11) is -8.43. The summed E-state index contributed by atoms with van der Waals surface area (Å²) in [5, 5.41) is 9.02. The van der Waals surface area contributed by atoms with E-state index in [0.29, 0.717) is 0 Å². The first-order valence-electron chi connectivity index (χ1n) is 9.96. The summed E-state index contributed by atoms with van der Waals surface area (Å²) in [6.45, 7) is -0.286. The van der Waals surface area contributed by atoms with E-state index >= 15 is 0 Å². The van der Waals surface area contributed by atoms with Crippen LogP contribution in [0, 0.1) is 0 Å². The minimum atomic E-state index is -4.39. The molecule has 0 aromatic heterocycles. The molecule has 1 atom stereocenters. The zero-order valence-corrected chi connectivity index (χ0v) is 19.2. The third-order valence-corrected chi connectivity index (χ3v) is 8.28. The highest BCUT2D eigenvalue weighted by Gasteiger charge is 2.33. The molecular formula is C22H20N2O8S2. The molecule has 10 nitrogen and oxygen atoms in total. The first-order valence-corrected chi connectivity index (χ1v) is 12.9. The van der Waals surface area contributed by atoms with Gasteiger partial charge in [-0.3, -0.25) is 10.0 Å². The Hall–Kier alpha value is -3.29. The quantitative estimate of drug-likeness (QED) is 0.244. The molecule has 0 spiro atoms. The summed E-state index contributed by atoms with van der Waals surface area (Å²) in [5.41, 5.74) is 2.20. The average Bonchev–Trinajstić information content (AvgIpc) is 2.83. The average molecular weight is 505 g/mol. The zero-order valence-electron chi connectivity index (χ0n) is 17.5. The SMILES string of the molecule is O=C(NO)[C@H](COCc1ccccc1)NS(=O)(=O)c1ccc2c(c1)S(=O)(=O)c1ccccc1O2. The molecule has 1 aliphatic rings. The van der Waals surface area contributed by atoms with E-state index in [1.165, 1.54) is 29.7 Å². The summed E-state index contributed by atoms with van der Waals surface area (Å²) in [6.07, 6.45) is 0. The van der Waals surface area contributed by atoms with Crippen molar-refractivity contribution in [1.29, 1.82) is 0 Å². The number of nitrogens with one attached hydrogen (secondary N) is 2. The van der Waals surface area contributed by atoms with Crippen LogP contribution in [0.4, 0.5) is 0 Å². The molecule has 178 valence electrons. The molecule has 1 heterocycles. The number of ether oxygens (including phenoxy) is 2. The standard InChI is InChI=1S/C22H20N2O8S2/c25-22(23-26)17(14-31-13-15-6-2-1-3-7-15)24-34(29,30)16-10-11-19-21(12-16)33(27,28)20-9-5-4-8-18(20)32-19/h1-12,17,24,26H,13-14H2,(H,23,25)/t17-/m0/s1. The molecule has 0 aliphatic carbocycles. The Morgan fingerprint density at radius 1 is 0.971 bits per heavy atom. The number of fused-ring (bicyclic) bond motifs is 2. The number of hydroxylamine groups is 1. The van der Waals surface area contributed by atoms with E-state index in [0.717, 1.165) is 17.7 Å². The Kier molecular flexibility index (Phi) is 6.68. The molecule has 0 unspecified atom stereocenters. The van der Waals surface area contributed by atoms with Gasteiger partial charge in [-0.05, 0) is 35.9 Å². The lowest BCUT2D eigenvalue weighted by Crippen LogP contribution is -2.48. The molecule has 3 N–H and O–H groups in total. The Bertz CT molecular complexity index is 1420. The van der Waals surface area contributed by atoms with Crippen LogP contribution in [0.3, 0.4) is 0 Å². The third-order valence-electron chi connectivity index (χ3n) is 4.99. The predicted octanol–water partition coefficient (Wildman–Crippen LogP) is 1.99. The molecule has 3 aromatic carbocycles. The monoisotopic (exact) mass is 504 g/mol. The lowest BCUT2D eigenvalue weighted by atomic mass is 10.2. The van der Waals surface area contributed by atoms with Crippen molar-refractivity contribution >= 4 is 25.8 Å². The number of rotatable bonds is 8. The summed E-state index contributed by atoms with van der Waals surface area (Å²) in [4.78, 5) is 11.2. The van der Waals surface area contributed by atoms with Crippen molar-refractivity contribution in [2.24, 2.45) is 0 Å². The Labute approximate surface area is 196 Å². The van der Waals surface area contributed by atoms with Crippen LogP contribution in [0.5, 0.6) is 11.5 Å². The number of amides is 1. The van der Waals surface area contributed by atoms with Crippen LogP contribution < -0.4 is 14.9 Å². The summed E-state index contributed by atoms with van der Waals surface area (Å²) in [6, 6.07) is 16.9. The molecule has 34 heavy (non-hydrogen) atoms. The van der Waals surface area contributed by atoms with Crippen LogP contribution in [0.2, 0.25) is 0 Å². The molecule has 12 heteroatoms. The van der Waals surface area contributed by atoms with Crippen molar-refractivity contribution in [3.63, 3.8) is 0 Å². The van der Waals surface area contributed by atoms with Crippen LogP contribution in [-0.4, -0.2) is 40.6 Å². The first-order chi connectivity index (χ1) is 16.2. The molecule has 0 bridgehead atoms. The fraction of sp³-hybridized carbons (Fsp3) is 0.136. The van der Waals surface area contributed by atoms with Crippen molar-refractivity contribution in [2.45, 2.75) is 27.3 Å². The number of sulfonamides is 1. The van der Waals surface area contributed by atoms with Gasteiger partial charge in [-0.25, -0.2) is 22.3 Å². The lowest BCUT2D eigenvalue weighted by Gasteiger charge is -2.21. The maximum Gasteiger partial charge on any atom is 0.263 e. The normalized spacial score (nSPS) is 14.9. The van der Waals surface area contributed by atoms with E-state index in [9.17, 15) is 21.6 Å². The third kappa shape index (κ3) is 4.81. The second-order valence-electron chi connectivity index (χ2n) is 7.31. The second kappa shape index (κ2) is 9.52. The summed E-state index contributed by atoms with van der Waals surface area (Å²) < 4.78 is 65.2. The van der Waals surface area contributed by atoms with Gasteiger partial charge >= 0.3 is 0 Å². The topological polar surface area (TPSA) is 148 Å². The number of sulfone groups is 1. The molecule has 0 saturated heterocycles. The van der Waals surface area contributed by atoms with Gasteiger partial charge in [0.05, 0.1) is 18.1 Å². The summed E-state index contributed by atoms with van der Waals surface area (Å²) >= 11 is 0. The minimum Gasteiger partial charge on any atom is -0.455 e. The fourth-order valence-corrected chi connectivity index (χ4v) is 6.12. The second-order valence-corrected chi connectivity index (χ2v) is 10.9. The molecule has 3 aromatic rings. The predicted molar refractivity (Wildman–Crippen MR) is 119 cm³/mol. The lowest BCUT2D eigenvalue weighted by molar-refractivity contribution is -0.132. The van der Waals surface area contributed by atoms with Gasteiger partial charge in [-0.15, -0.1) is 0 Å². The largest absolute Gasteiger partial charge is 0.455 e. The van der Waals surface area contributed by atoms with Crippen molar-refractivity contribution in [1.82, 2.24) is 10.2 Å². The first kappa shape index (κ1) is 23.9. The number of benzene rings is 3. The maximum absolute atomic E-state index is 13.0. The van der Waals surface area contributed by atoms with Crippen LogP contribution >= 0.6 is 0 Å². The minimum absolute atomic E-state index is 0.0199. The van der Waals surface area contributed by atoms with Crippen molar-refractivity contribution in [3.05, 3.63) is 78.4 Å². The van der Waals surface area contributed by atoms with Crippen LogP contribution in [-0.2, 0) is 36.0 Å². The highest BCUT2D eigenvalue weighted by Crippen LogP contribution is 2.43. The highest BCUT2D eigenvalue weighted by molar-refractivity contribution is 7.92. The number of carbonyl (C=O) groups is 1. The van der Waals surface area contributed by atoms with E-state index in [2.05, 4.69) is 4.72 Å². The molecule has 0 fully saturated rings. The van der Waals surface area contributed by atoms with Gasteiger partial charge in [-0.2, -0.15) is 4.72 Å². The van der Waals surface area contributed by atoms with E-state index in [1.54, 1.807) is 30.3 Å². The zero-order chi connectivity index (χ0) is 24.3. The molecule has 0 saturated carbocycles. The van der Waals surface area contributed by atoms with Gasteiger partial charge in [0.25, 0.3) is 5.91 Å². The highest BCUT2D eigenvalue weighted by atomic mass is 32.2. The van der Waals surface area contributed by atoms with Gasteiger partial charge in [-0.1, -0.05) is 42.5 Å². The van der Waals surface area contributed by atoms with Crippen molar-refractivity contribution in [2.75, 3.05) is 6.61 Å². The molecule has 0 radical (unpaired) electrons. The molecule has 1 amide bonds. The van der Waals surface area contributed by atoms with E-state index in [4.69, 9.17) is 14.7 Å². The molecular weight excluding hydrogens is 484 g/mol. The fourth-order valence-electron chi connectivity index (χ4n) is 3.31. The van der Waals surface area contributed by atoms with Gasteiger partial charge in [0, 0.05) is 0 Å². The molecule has 4 rings (SSSR count). The number of para-hydroxylation sites is 1. The van der Waals surface area contributed by atoms with Crippen LogP contribution in [0.1, 0.15) is 5.56 Å². The van der Waals surface area contributed by atoms with Crippen molar-refractivity contribution in [3.8, 4) is 11.5 Å². The van der Waals surface area contributed by atoms with E-state index in [-0.39, 0.29) is 34.5 Å². The summed E-state index contributed by atoms with van der Waals surface area (Å²) in [5.74, 6) is -0.924. The van der Waals surface area contributed by atoms with Gasteiger partial charge in [0.2, 0.25) is 19.9 Å². The smallest absolute Gasteiger partial charge is 0.263 e. The van der Waals surface area contributed by atoms with Crippen LogP contribution in [0.15, 0.2) is 87.5 Å².